The first-order valence-electron chi connectivity index (χ1n) is 9.03. The maximum atomic E-state index is 5.33. The molecule has 0 saturated carbocycles. The fourth-order valence-electron chi connectivity index (χ4n) is 3.45. The zero-order valence-electron chi connectivity index (χ0n) is 15.8. The number of halogens is 1. The molecule has 142 valence electrons. The second kappa shape index (κ2) is 8.22. The molecule has 1 aliphatic heterocycles. The van der Waals surface area contributed by atoms with Crippen LogP contribution in [0.2, 0.25) is 0 Å². The quantitative estimate of drug-likeness (QED) is 0.518. The number of hydrogen-bond donors (Lipinski definition) is 0. The van der Waals surface area contributed by atoms with Crippen LogP contribution < -0.4 is 20.0 Å². The van der Waals surface area contributed by atoms with Crippen molar-refractivity contribution in [2.75, 3.05) is 20.9 Å². The molecule has 0 aliphatic carbocycles. The normalized spacial score (nSPS) is 12.8. The molecule has 0 fully saturated rings. The lowest BCUT2D eigenvalue weighted by Gasteiger charge is -2.31. The lowest BCUT2D eigenvalue weighted by molar-refractivity contribution is 0.350. The summed E-state index contributed by atoms with van der Waals surface area (Å²) >= 11 is 2.34. The largest absolute Gasteiger partial charge is 0.497 e. The first kappa shape index (κ1) is 18.8. The lowest BCUT2D eigenvalue weighted by atomic mass is 9.97. The van der Waals surface area contributed by atoms with Crippen LogP contribution in [-0.4, -0.2) is 25.8 Å². The summed E-state index contributed by atoms with van der Waals surface area (Å²) in [5.74, 6) is 1.70. The Morgan fingerprint density at radius 3 is 1.96 bits per heavy atom. The lowest BCUT2D eigenvalue weighted by Crippen LogP contribution is -2.38. The van der Waals surface area contributed by atoms with E-state index in [1.807, 2.05) is 24.3 Å². The van der Waals surface area contributed by atoms with E-state index >= 15 is 0 Å². The van der Waals surface area contributed by atoms with Gasteiger partial charge in [0.1, 0.15) is 18.2 Å². The monoisotopic (exact) mass is 484 g/mol. The van der Waals surface area contributed by atoms with E-state index in [2.05, 4.69) is 76.2 Å². The molecule has 4 nitrogen and oxygen atoms in total. The van der Waals surface area contributed by atoms with E-state index in [1.54, 1.807) is 14.2 Å². The number of nitrogens with zero attached hydrogens (tertiary/aromatic N) is 2. The highest BCUT2D eigenvalue weighted by molar-refractivity contribution is 14.1. The van der Waals surface area contributed by atoms with Gasteiger partial charge in [-0.1, -0.05) is 24.3 Å². The molecule has 0 spiro atoms. The maximum absolute atomic E-state index is 5.33. The molecule has 3 aromatic rings. The Kier molecular flexibility index (Phi) is 5.52. The third kappa shape index (κ3) is 3.85. The van der Waals surface area contributed by atoms with Gasteiger partial charge in [0.05, 0.1) is 25.6 Å². The molecule has 4 rings (SSSR count). The number of methoxy groups -OCH3 is 2. The number of benzene rings is 3. The molecule has 28 heavy (non-hydrogen) atoms. The molecule has 5 heteroatoms. The first-order chi connectivity index (χ1) is 13.7. The average Bonchev–Trinajstić information content (AvgIpc) is 2.74. The molecular formula is C23H21IN2O2. The van der Waals surface area contributed by atoms with E-state index in [-0.39, 0.29) is 6.04 Å². The van der Waals surface area contributed by atoms with Crippen LogP contribution in [0.4, 0.5) is 0 Å². The molecule has 1 aliphatic rings. The smallest absolute Gasteiger partial charge is 0.118 e. The van der Waals surface area contributed by atoms with Crippen molar-refractivity contribution in [1.29, 1.82) is 0 Å². The van der Waals surface area contributed by atoms with Crippen LogP contribution >= 0.6 is 22.6 Å². The van der Waals surface area contributed by atoms with Gasteiger partial charge in [-0.3, -0.25) is 4.99 Å². The summed E-state index contributed by atoms with van der Waals surface area (Å²) in [5, 5.41) is 2.19. The van der Waals surface area contributed by atoms with Crippen molar-refractivity contribution in [3.05, 3.63) is 92.0 Å². The molecule has 0 radical (unpaired) electrons. The van der Waals surface area contributed by atoms with Crippen molar-refractivity contribution in [3.8, 4) is 11.5 Å². The van der Waals surface area contributed by atoms with Crippen LogP contribution in [0.1, 0.15) is 17.2 Å². The standard InChI is InChI=1S/C23H21IN2O2/c1-27-20-8-3-16(4-9-20)23(17-5-10-21(28-2)11-6-17)26-14-18-13-19(24)7-12-22(18)25-15-26/h3-14,23H,15H2,1-2H3. The molecule has 0 atom stereocenters. The van der Waals surface area contributed by atoms with E-state index in [9.17, 15) is 0 Å². The van der Waals surface area contributed by atoms with Crippen molar-refractivity contribution in [2.24, 2.45) is 4.99 Å². The van der Waals surface area contributed by atoms with Gasteiger partial charge in [-0.15, -0.1) is 0 Å². The van der Waals surface area contributed by atoms with Gasteiger partial charge in [0.15, 0.2) is 0 Å². The zero-order chi connectivity index (χ0) is 19.5. The Morgan fingerprint density at radius 1 is 0.857 bits per heavy atom. The van der Waals surface area contributed by atoms with Crippen LogP contribution in [0.25, 0.3) is 6.20 Å². The summed E-state index contributed by atoms with van der Waals surface area (Å²) < 4.78 is 11.9. The summed E-state index contributed by atoms with van der Waals surface area (Å²) in [7, 11) is 3.37. The Labute approximate surface area is 178 Å². The third-order valence-electron chi connectivity index (χ3n) is 4.89. The minimum Gasteiger partial charge on any atom is -0.497 e. The van der Waals surface area contributed by atoms with Gasteiger partial charge in [0.25, 0.3) is 0 Å². The van der Waals surface area contributed by atoms with Crippen molar-refractivity contribution < 1.29 is 9.47 Å². The minimum absolute atomic E-state index is 0.0478. The van der Waals surface area contributed by atoms with Gasteiger partial charge in [0.2, 0.25) is 0 Å². The highest BCUT2D eigenvalue weighted by Crippen LogP contribution is 2.31. The summed E-state index contributed by atoms with van der Waals surface area (Å²) in [6, 6.07) is 22.9. The molecule has 0 unspecified atom stereocenters. The molecule has 3 aromatic carbocycles. The molecule has 0 aromatic heterocycles. The SMILES string of the molecule is COc1ccc(C(c2ccc(OC)cc2)N2C=c3cc(I)ccc3=NC2)cc1. The minimum atomic E-state index is 0.0478. The molecular weight excluding hydrogens is 463 g/mol. The highest BCUT2D eigenvalue weighted by Gasteiger charge is 2.21. The summed E-state index contributed by atoms with van der Waals surface area (Å²) in [4.78, 5) is 7.08. The van der Waals surface area contributed by atoms with Gasteiger partial charge in [0, 0.05) is 15.0 Å². The second-order valence-electron chi connectivity index (χ2n) is 6.59. The van der Waals surface area contributed by atoms with E-state index in [0.29, 0.717) is 6.67 Å². The number of fused-ring (bicyclic) bond motifs is 1. The van der Waals surface area contributed by atoms with Crippen LogP contribution in [0.3, 0.4) is 0 Å². The van der Waals surface area contributed by atoms with E-state index in [1.165, 1.54) is 14.7 Å². The zero-order valence-corrected chi connectivity index (χ0v) is 18.0. The fraction of sp³-hybridized carbons (Fsp3) is 0.174. The third-order valence-corrected chi connectivity index (χ3v) is 5.56. The maximum Gasteiger partial charge on any atom is 0.118 e. The van der Waals surface area contributed by atoms with E-state index in [0.717, 1.165) is 22.1 Å². The first-order valence-corrected chi connectivity index (χ1v) is 10.1. The van der Waals surface area contributed by atoms with Crippen LogP contribution in [-0.2, 0) is 0 Å². The second-order valence-corrected chi connectivity index (χ2v) is 7.84. The van der Waals surface area contributed by atoms with Gasteiger partial charge in [-0.05, 0) is 76.2 Å². The van der Waals surface area contributed by atoms with Crippen molar-refractivity contribution in [1.82, 2.24) is 4.90 Å². The van der Waals surface area contributed by atoms with Crippen molar-refractivity contribution in [2.45, 2.75) is 6.04 Å². The van der Waals surface area contributed by atoms with Gasteiger partial charge in [-0.2, -0.15) is 0 Å². The van der Waals surface area contributed by atoms with Gasteiger partial charge >= 0.3 is 0 Å². The van der Waals surface area contributed by atoms with Crippen LogP contribution in [0, 0.1) is 3.57 Å². The Bertz CT molecular complexity index is 1030. The Balaban J connectivity index is 1.80. The number of rotatable bonds is 5. The molecule has 1 heterocycles. The number of hydrogen-bond acceptors (Lipinski definition) is 4. The van der Waals surface area contributed by atoms with Crippen LogP contribution in [0.5, 0.6) is 11.5 Å². The molecule has 0 bridgehead atoms. The Hall–Kier alpha value is -2.54. The summed E-state index contributed by atoms with van der Waals surface area (Å²) in [6.07, 6.45) is 2.21. The summed E-state index contributed by atoms with van der Waals surface area (Å²) in [6.45, 7) is 0.607. The fourth-order valence-corrected chi connectivity index (χ4v) is 3.97. The molecule has 0 N–H and O–H groups in total. The van der Waals surface area contributed by atoms with Crippen LogP contribution in [0.15, 0.2) is 71.7 Å². The topological polar surface area (TPSA) is 34.1 Å². The molecule has 0 saturated heterocycles. The van der Waals surface area contributed by atoms with E-state index < -0.39 is 0 Å². The average molecular weight is 484 g/mol. The van der Waals surface area contributed by atoms with Gasteiger partial charge in [-0.25, -0.2) is 0 Å². The van der Waals surface area contributed by atoms with Crippen molar-refractivity contribution >= 4 is 28.8 Å². The van der Waals surface area contributed by atoms with E-state index in [4.69, 9.17) is 14.5 Å². The molecule has 0 amide bonds. The predicted molar refractivity (Wildman–Crippen MR) is 119 cm³/mol. The van der Waals surface area contributed by atoms with Gasteiger partial charge < -0.3 is 14.4 Å². The summed E-state index contributed by atoms with van der Waals surface area (Å²) in [5.41, 5.74) is 2.37. The number of ether oxygens (including phenoxy) is 2. The Morgan fingerprint density at radius 2 is 1.43 bits per heavy atom. The van der Waals surface area contributed by atoms with Crippen molar-refractivity contribution in [3.63, 3.8) is 0 Å². The highest BCUT2D eigenvalue weighted by atomic mass is 127. The predicted octanol–water partition coefficient (Wildman–Crippen LogP) is 3.73.